The number of aryl methyl sites for hydroxylation is 2. The summed E-state index contributed by atoms with van der Waals surface area (Å²) < 4.78 is 2.10. The summed E-state index contributed by atoms with van der Waals surface area (Å²) >= 11 is 4.43. The number of thiol groups is 1. The molecule has 0 aliphatic rings. The van der Waals surface area contributed by atoms with Crippen LogP contribution >= 0.6 is 12.6 Å². The molecule has 0 fully saturated rings. The van der Waals surface area contributed by atoms with Crippen molar-refractivity contribution < 1.29 is 0 Å². The van der Waals surface area contributed by atoms with Gasteiger partial charge in [-0.15, -0.1) is 12.6 Å². The first-order chi connectivity index (χ1) is 5.72. The Balaban J connectivity index is 2.99. The minimum absolute atomic E-state index is 1.05. The molecule has 0 radical (unpaired) electrons. The first-order valence-electron chi connectivity index (χ1n) is 3.95. The van der Waals surface area contributed by atoms with Crippen LogP contribution in [0.4, 0.5) is 0 Å². The molecule has 62 valence electrons. The molecule has 0 amide bonds. The predicted octanol–water partition coefficient (Wildman–Crippen LogP) is 2.78. The normalized spacial score (nSPS) is 10.9. The Kier molecular flexibility index (Phi) is 1.65. The molecule has 2 rings (SSSR count). The van der Waals surface area contributed by atoms with Crippen LogP contribution in [0.15, 0.2) is 29.3 Å². The van der Waals surface area contributed by atoms with Gasteiger partial charge in [-0.3, -0.25) is 0 Å². The number of para-hydroxylation sites is 1. The van der Waals surface area contributed by atoms with Crippen LogP contribution in [0.25, 0.3) is 10.9 Å². The maximum absolute atomic E-state index is 4.43. The van der Waals surface area contributed by atoms with Gasteiger partial charge in [0.05, 0.1) is 5.03 Å². The van der Waals surface area contributed by atoms with Gasteiger partial charge in [0.25, 0.3) is 0 Å². The predicted molar refractivity (Wildman–Crippen MR) is 54.9 cm³/mol. The van der Waals surface area contributed by atoms with Gasteiger partial charge < -0.3 is 4.57 Å². The molecular weight excluding hydrogens is 166 g/mol. The smallest absolute Gasteiger partial charge is 0.0755 e. The lowest BCUT2D eigenvalue weighted by Crippen LogP contribution is -1.86. The van der Waals surface area contributed by atoms with E-state index >= 15 is 0 Å². The Morgan fingerprint density at radius 3 is 2.58 bits per heavy atom. The quantitative estimate of drug-likeness (QED) is 0.590. The summed E-state index contributed by atoms with van der Waals surface area (Å²) in [5.41, 5.74) is 2.51. The molecule has 2 heteroatoms. The number of rotatable bonds is 0. The zero-order chi connectivity index (χ0) is 8.72. The summed E-state index contributed by atoms with van der Waals surface area (Å²) in [6.07, 6.45) is 0. The summed E-state index contributed by atoms with van der Waals surface area (Å²) in [5, 5.41) is 2.35. The Bertz CT molecular complexity index is 390. The average molecular weight is 177 g/mol. The van der Waals surface area contributed by atoms with Crippen molar-refractivity contribution in [3.05, 3.63) is 29.8 Å². The first kappa shape index (κ1) is 7.74. The SMILES string of the molecule is Cc1c(S)n(C)c2ccccc12. The number of hydrogen-bond acceptors (Lipinski definition) is 1. The highest BCUT2D eigenvalue weighted by Crippen LogP contribution is 2.26. The molecule has 1 nitrogen and oxygen atoms in total. The Morgan fingerprint density at radius 2 is 1.92 bits per heavy atom. The molecule has 0 bridgehead atoms. The summed E-state index contributed by atoms with van der Waals surface area (Å²) in [7, 11) is 2.04. The average Bonchev–Trinajstić information content (AvgIpc) is 2.33. The highest BCUT2D eigenvalue weighted by atomic mass is 32.1. The largest absolute Gasteiger partial charge is 0.339 e. The number of benzene rings is 1. The van der Waals surface area contributed by atoms with Crippen LogP contribution in [0.3, 0.4) is 0 Å². The fraction of sp³-hybridized carbons (Fsp3) is 0.200. The topological polar surface area (TPSA) is 4.93 Å². The van der Waals surface area contributed by atoms with Crippen molar-refractivity contribution in [1.29, 1.82) is 0 Å². The van der Waals surface area contributed by atoms with E-state index in [2.05, 4.69) is 48.4 Å². The van der Waals surface area contributed by atoms with Crippen molar-refractivity contribution in [3.63, 3.8) is 0 Å². The summed E-state index contributed by atoms with van der Waals surface area (Å²) in [4.78, 5) is 0. The Labute approximate surface area is 77.4 Å². The maximum Gasteiger partial charge on any atom is 0.0755 e. The van der Waals surface area contributed by atoms with Crippen LogP contribution in [0.5, 0.6) is 0 Å². The highest BCUT2D eigenvalue weighted by Gasteiger charge is 2.06. The van der Waals surface area contributed by atoms with E-state index in [1.807, 2.05) is 7.05 Å². The van der Waals surface area contributed by atoms with Gasteiger partial charge in [-0.05, 0) is 18.6 Å². The number of aromatic nitrogens is 1. The zero-order valence-corrected chi connectivity index (χ0v) is 8.10. The molecular formula is C10H11NS. The van der Waals surface area contributed by atoms with E-state index in [-0.39, 0.29) is 0 Å². The lowest BCUT2D eigenvalue weighted by atomic mass is 10.2. The highest BCUT2D eigenvalue weighted by molar-refractivity contribution is 7.80. The van der Waals surface area contributed by atoms with Crippen LogP contribution in [-0.2, 0) is 7.05 Å². The molecule has 2 aromatic rings. The van der Waals surface area contributed by atoms with Crippen molar-refractivity contribution >= 4 is 23.5 Å². The summed E-state index contributed by atoms with van der Waals surface area (Å²) in [5.74, 6) is 0. The number of hydrogen-bond donors (Lipinski definition) is 1. The second-order valence-electron chi connectivity index (χ2n) is 3.02. The summed E-state index contributed by atoms with van der Waals surface area (Å²) in [6, 6.07) is 8.35. The monoisotopic (exact) mass is 177 g/mol. The molecule has 1 aromatic carbocycles. The minimum Gasteiger partial charge on any atom is -0.339 e. The molecule has 1 aromatic heterocycles. The lowest BCUT2D eigenvalue weighted by molar-refractivity contribution is 0.855. The first-order valence-corrected chi connectivity index (χ1v) is 4.39. The van der Waals surface area contributed by atoms with E-state index < -0.39 is 0 Å². The molecule has 0 unspecified atom stereocenters. The van der Waals surface area contributed by atoms with Gasteiger partial charge in [0.1, 0.15) is 0 Å². The number of fused-ring (bicyclic) bond motifs is 1. The van der Waals surface area contributed by atoms with Crippen molar-refractivity contribution in [3.8, 4) is 0 Å². The second-order valence-corrected chi connectivity index (χ2v) is 3.45. The van der Waals surface area contributed by atoms with Crippen LogP contribution < -0.4 is 0 Å². The van der Waals surface area contributed by atoms with Crippen LogP contribution in [0.2, 0.25) is 0 Å². The molecule has 0 aliphatic carbocycles. The molecule has 0 atom stereocenters. The Morgan fingerprint density at radius 1 is 1.25 bits per heavy atom. The van der Waals surface area contributed by atoms with Crippen molar-refractivity contribution in [2.45, 2.75) is 11.9 Å². The van der Waals surface area contributed by atoms with E-state index in [0.717, 1.165) is 5.03 Å². The van der Waals surface area contributed by atoms with Crippen LogP contribution in [0.1, 0.15) is 5.56 Å². The van der Waals surface area contributed by atoms with E-state index in [9.17, 15) is 0 Å². The van der Waals surface area contributed by atoms with Gasteiger partial charge >= 0.3 is 0 Å². The molecule has 0 N–H and O–H groups in total. The van der Waals surface area contributed by atoms with Gasteiger partial charge in [0, 0.05) is 18.0 Å². The van der Waals surface area contributed by atoms with E-state index in [4.69, 9.17) is 0 Å². The standard InChI is InChI=1S/C10H11NS/c1-7-8-5-3-4-6-9(8)11(2)10(7)12/h3-6,12H,1-2H3. The van der Waals surface area contributed by atoms with Gasteiger partial charge in [-0.2, -0.15) is 0 Å². The third-order valence-corrected chi connectivity index (χ3v) is 2.96. The third kappa shape index (κ3) is 0.879. The van der Waals surface area contributed by atoms with Crippen LogP contribution in [0, 0.1) is 6.92 Å². The van der Waals surface area contributed by atoms with E-state index in [1.165, 1.54) is 16.5 Å². The fourth-order valence-corrected chi connectivity index (χ4v) is 1.80. The van der Waals surface area contributed by atoms with Gasteiger partial charge in [-0.25, -0.2) is 0 Å². The summed E-state index contributed by atoms with van der Waals surface area (Å²) in [6.45, 7) is 2.10. The van der Waals surface area contributed by atoms with Gasteiger partial charge in [0.2, 0.25) is 0 Å². The van der Waals surface area contributed by atoms with Gasteiger partial charge in [-0.1, -0.05) is 18.2 Å². The minimum atomic E-state index is 1.05. The second kappa shape index (κ2) is 2.56. The molecule has 12 heavy (non-hydrogen) atoms. The zero-order valence-electron chi connectivity index (χ0n) is 7.20. The van der Waals surface area contributed by atoms with E-state index in [1.54, 1.807) is 0 Å². The maximum atomic E-state index is 4.43. The molecule has 1 heterocycles. The molecule has 0 spiro atoms. The van der Waals surface area contributed by atoms with Crippen LogP contribution in [-0.4, -0.2) is 4.57 Å². The van der Waals surface area contributed by atoms with E-state index in [0.29, 0.717) is 0 Å². The lowest BCUT2D eigenvalue weighted by Gasteiger charge is -1.95. The van der Waals surface area contributed by atoms with Crippen molar-refractivity contribution in [2.24, 2.45) is 7.05 Å². The van der Waals surface area contributed by atoms with Gasteiger partial charge in [0.15, 0.2) is 0 Å². The molecule has 0 saturated carbocycles. The fourth-order valence-electron chi connectivity index (χ4n) is 1.57. The molecule has 0 saturated heterocycles. The number of nitrogens with zero attached hydrogens (tertiary/aromatic N) is 1. The Hall–Kier alpha value is -0.890. The van der Waals surface area contributed by atoms with Crippen molar-refractivity contribution in [1.82, 2.24) is 4.57 Å². The van der Waals surface area contributed by atoms with Crippen molar-refractivity contribution in [2.75, 3.05) is 0 Å². The molecule has 0 aliphatic heterocycles. The third-order valence-electron chi connectivity index (χ3n) is 2.32.